The topological polar surface area (TPSA) is 150 Å². The number of allylic oxidation sites excluding steroid dienone is 8. The number of nitrogens with one attached hydrogen (secondary N) is 4. The maximum atomic E-state index is 5.79. The predicted octanol–water partition coefficient (Wildman–Crippen LogP) is 13.8. The normalized spacial score (nSPS) is 12.8. The minimum atomic E-state index is 0.738. The van der Waals surface area contributed by atoms with Gasteiger partial charge in [-0.1, -0.05) is 0 Å². The summed E-state index contributed by atoms with van der Waals surface area (Å²) in [5, 5.41) is 13.7. The zero-order valence-corrected chi connectivity index (χ0v) is 34.7. The Bertz CT molecular complexity index is 2730. The van der Waals surface area contributed by atoms with Gasteiger partial charge in [-0.2, -0.15) is 0 Å². The Labute approximate surface area is 372 Å². The number of anilines is 10. The Morgan fingerprint density at radius 3 is 0.562 bits per heavy atom. The molecule has 8 N–H and O–H groups in total. The summed E-state index contributed by atoms with van der Waals surface area (Å²) in [5.41, 5.74) is 27.8. The van der Waals surface area contributed by atoms with Crippen molar-refractivity contribution in [3.63, 3.8) is 0 Å². The van der Waals surface area contributed by atoms with Crippen LogP contribution in [0.2, 0.25) is 0 Å². The molecule has 10 heteroatoms. The molecule has 0 spiro atoms. The quantitative estimate of drug-likeness (QED) is 0.0533. The highest BCUT2D eigenvalue weighted by Gasteiger charge is 2.05. The van der Waals surface area contributed by atoms with Crippen LogP contribution in [-0.2, 0) is 0 Å². The second-order valence-electron chi connectivity index (χ2n) is 15.0. The molecule has 0 aliphatic heterocycles. The summed E-state index contributed by atoms with van der Waals surface area (Å²) in [6.45, 7) is 0. The highest BCUT2D eigenvalue weighted by molar-refractivity contribution is 6.20. The van der Waals surface area contributed by atoms with E-state index >= 15 is 0 Å². The molecule has 0 aromatic heterocycles. The number of nitrogen functional groups attached to an aromatic ring is 2. The molecule has 0 saturated carbocycles. The molecule has 2 aliphatic carbocycles. The van der Waals surface area contributed by atoms with Crippen molar-refractivity contribution < 1.29 is 0 Å². The van der Waals surface area contributed by atoms with Gasteiger partial charge in [-0.3, -0.25) is 0 Å². The molecule has 0 bridgehead atoms. The molecule has 2 aliphatic rings. The number of benzene rings is 7. The van der Waals surface area contributed by atoms with E-state index in [1.165, 1.54) is 0 Å². The fraction of sp³-hybridized carbons (Fsp3) is 0. The lowest BCUT2D eigenvalue weighted by atomic mass is 10.1. The lowest BCUT2D eigenvalue weighted by Crippen LogP contribution is -1.99. The van der Waals surface area contributed by atoms with Crippen LogP contribution in [0.4, 0.5) is 79.6 Å². The molecule has 0 heterocycles. The lowest BCUT2D eigenvalue weighted by molar-refractivity contribution is 1.47. The molecular weight excluding hydrogens is 789 g/mol. The maximum Gasteiger partial charge on any atom is 0.0638 e. The standard InChI is InChI=1S/C54H44N10/c55-37-1-5-39(6-2-37)57-41-9-13-43(14-10-41)59-45-17-21-47(22-18-45)61-49-25-29-51(30-26-49)63-53-33-35-54(36-34-53)64-52-31-27-50(28-32-52)62-48-23-19-46(20-24-48)60-44-15-11-42(12-16-44)58-40-7-3-38(56)4-8-40/h1-36,57-58,63-64H,55-56H2. The number of rotatable bonds is 12. The molecule has 310 valence electrons. The van der Waals surface area contributed by atoms with Crippen molar-refractivity contribution in [2.24, 2.45) is 20.0 Å². The van der Waals surface area contributed by atoms with Gasteiger partial charge in [0.15, 0.2) is 0 Å². The third-order valence-corrected chi connectivity index (χ3v) is 10.1. The molecule has 7 aromatic carbocycles. The largest absolute Gasteiger partial charge is 0.399 e. The molecular formula is C54H44N10. The second kappa shape index (κ2) is 19.1. The molecule has 0 unspecified atom stereocenters. The van der Waals surface area contributed by atoms with Crippen molar-refractivity contribution >= 4 is 102 Å². The van der Waals surface area contributed by atoms with Crippen molar-refractivity contribution in [3.05, 3.63) is 218 Å². The highest BCUT2D eigenvalue weighted by atomic mass is 14.9. The van der Waals surface area contributed by atoms with Crippen LogP contribution in [-0.4, -0.2) is 22.8 Å². The summed E-state index contributed by atoms with van der Waals surface area (Å²) < 4.78 is 0. The van der Waals surface area contributed by atoms with Crippen LogP contribution < -0.4 is 32.7 Å². The van der Waals surface area contributed by atoms with Crippen LogP contribution >= 0.6 is 0 Å². The second-order valence-corrected chi connectivity index (χ2v) is 15.0. The third-order valence-electron chi connectivity index (χ3n) is 10.1. The molecule has 9 rings (SSSR count). The number of nitrogens with zero attached hydrogens (tertiary/aromatic N) is 4. The Hall–Kier alpha value is -9.02. The Balaban J connectivity index is 0.723. The van der Waals surface area contributed by atoms with Crippen molar-refractivity contribution in [1.29, 1.82) is 0 Å². The van der Waals surface area contributed by atoms with E-state index in [1.54, 1.807) is 0 Å². The Morgan fingerprint density at radius 1 is 0.219 bits per heavy atom. The summed E-state index contributed by atoms with van der Waals surface area (Å²) in [6.07, 6.45) is 15.8. The van der Waals surface area contributed by atoms with Crippen LogP contribution in [0.25, 0.3) is 0 Å². The smallest absolute Gasteiger partial charge is 0.0638 e. The third kappa shape index (κ3) is 11.2. The van der Waals surface area contributed by atoms with Crippen LogP contribution in [0.3, 0.4) is 0 Å². The van der Waals surface area contributed by atoms with E-state index in [0.29, 0.717) is 0 Å². The van der Waals surface area contributed by atoms with Crippen molar-refractivity contribution in [2.45, 2.75) is 0 Å². The number of nitrogens with two attached hydrogens (primary N) is 2. The number of hydrogen-bond acceptors (Lipinski definition) is 10. The molecule has 0 atom stereocenters. The van der Waals surface area contributed by atoms with E-state index < -0.39 is 0 Å². The number of aliphatic imine (C=N–C) groups is 4. The van der Waals surface area contributed by atoms with Crippen LogP contribution in [0.15, 0.2) is 238 Å². The Kier molecular flexibility index (Phi) is 12.1. The van der Waals surface area contributed by atoms with Gasteiger partial charge >= 0.3 is 0 Å². The van der Waals surface area contributed by atoms with E-state index in [9.17, 15) is 0 Å². The molecule has 64 heavy (non-hydrogen) atoms. The van der Waals surface area contributed by atoms with Gasteiger partial charge < -0.3 is 32.7 Å². The zero-order valence-electron chi connectivity index (χ0n) is 34.7. The van der Waals surface area contributed by atoms with Gasteiger partial charge in [0.05, 0.1) is 45.6 Å². The summed E-state index contributed by atoms with van der Waals surface area (Å²) in [6, 6.07) is 55.6. The predicted molar refractivity (Wildman–Crippen MR) is 272 cm³/mol. The Morgan fingerprint density at radius 2 is 0.375 bits per heavy atom. The van der Waals surface area contributed by atoms with E-state index in [2.05, 4.69) is 45.5 Å². The first-order valence-electron chi connectivity index (χ1n) is 20.8. The molecule has 7 aromatic rings. The molecule has 0 fully saturated rings. The van der Waals surface area contributed by atoms with Gasteiger partial charge in [-0.25, -0.2) is 20.0 Å². The fourth-order valence-corrected chi connectivity index (χ4v) is 6.71. The molecule has 0 radical (unpaired) electrons. The van der Waals surface area contributed by atoms with Crippen LogP contribution in [0.5, 0.6) is 0 Å². The monoisotopic (exact) mass is 832 g/mol. The zero-order chi connectivity index (χ0) is 43.5. The SMILES string of the molecule is Nc1ccc(Nc2ccc(N=C3C=CC(=Nc4ccc(Nc5ccc(Nc6ccc(N=C7C=CC(=Nc8ccc(Nc9ccc(N)cc9)cc8)C=C7)cc6)cc5)cc4)C=C3)cc2)cc1. The van der Waals surface area contributed by atoms with Crippen LogP contribution in [0, 0.1) is 0 Å². The average molecular weight is 833 g/mol. The molecule has 0 saturated heterocycles. The van der Waals surface area contributed by atoms with Crippen molar-refractivity contribution in [3.8, 4) is 0 Å². The van der Waals surface area contributed by atoms with Gasteiger partial charge in [0.1, 0.15) is 0 Å². The van der Waals surface area contributed by atoms with E-state index in [0.717, 1.165) is 102 Å². The average Bonchev–Trinajstić information content (AvgIpc) is 3.32. The van der Waals surface area contributed by atoms with E-state index in [1.807, 2.05) is 194 Å². The van der Waals surface area contributed by atoms with E-state index in [4.69, 9.17) is 31.4 Å². The summed E-state index contributed by atoms with van der Waals surface area (Å²) in [7, 11) is 0. The van der Waals surface area contributed by atoms with Crippen molar-refractivity contribution in [2.75, 3.05) is 32.7 Å². The summed E-state index contributed by atoms with van der Waals surface area (Å²) in [4.78, 5) is 19.1. The minimum absolute atomic E-state index is 0.738. The molecule has 10 nitrogen and oxygen atoms in total. The summed E-state index contributed by atoms with van der Waals surface area (Å²) >= 11 is 0. The first-order valence-corrected chi connectivity index (χ1v) is 20.8. The summed E-state index contributed by atoms with van der Waals surface area (Å²) in [5.74, 6) is 0. The highest BCUT2D eigenvalue weighted by Crippen LogP contribution is 2.27. The van der Waals surface area contributed by atoms with Gasteiger partial charge in [0, 0.05) is 56.9 Å². The van der Waals surface area contributed by atoms with Gasteiger partial charge in [0.2, 0.25) is 0 Å². The molecule has 0 amide bonds. The minimum Gasteiger partial charge on any atom is -0.399 e. The van der Waals surface area contributed by atoms with Gasteiger partial charge in [-0.15, -0.1) is 0 Å². The maximum absolute atomic E-state index is 5.79. The first-order chi connectivity index (χ1) is 31.4. The van der Waals surface area contributed by atoms with Gasteiger partial charge in [0.25, 0.3) is 0 Å². The van der Waals surface area contributed by atoms with Crippen LogP contribution in [0.1, 0.15) is 0 Å². The lowest BCUT2D eigenvalue weighted by Gasteiger charge is -2.10. The fourth-order valence-electron chi connectivity index (χ4n) is 6.71. The van der Waals surface area contributed by atoms with Crippen molar-refractivity contribution in [1.82, 2.24) is 0 Å². The number of hydrogen-bond donors (Lipinski definition) is 6. The van der Waals surface area contributed by atoms with Gasteiger partial charge in [-0.05, 0) is 218 Å². The first kappa shape index (κ1) is 40.4. The van der Waals surface area contributed by atoms with E-state index in [-0.39, 0.29) is 0 Å².